The molecule has 0 saturated carbocycles. The number of benzene rings is 2. The van der Waals surface area contributed by atoms with Crippen LogP contribution in [0, 0.1) is 18.6 Å². The van der Waals surface area contributed by atoms with Gasteiger partial charge in [-0.05, 0) is 45.2 Å². The van der Waals surface area contributed by atoms with E-state index in [1.807, 2.05) is 31.2 Å². The first-order chi connectivity index (χ1) is 18.7. The number of aryl methyl sites for hydroxylation is 1. The molecule has 9 nitrogen and oxygen atoms in total. The Balaban J connectivity index is 1.52. The number of hydrogen-bond acceptors (Lipinski definition) is 7. The lowest BCUT2D eigenvalue weighted by Crippen LogP contribution is -2.44. The van der Waals surface area contributed by atoms with E-state index in [-0.39, 0.29) is 33.9 Å². The Bertz CT molecular complexity index is 1520. The third kappa shape index (κ3) is 5.35. The van der Waals surface area contributed by atoms with E-state index in [0.717, 1.165) is 37.9 Å². The number of aromatic amines is 1. The molecule has 5 rings (SSSR count). The monoisotopic (exact) mass is 535 g/mol. The average molecular weight is 536 g/mol. The van der Waals surface area contributed by atoms with Crippen LogP contribution in [-0.4, -0.2) is 77.5 Å². The minimum absolute atomic E-state index is 0.0111. The van der Waals surface area contributed by atoms with Crippen molar-refractivity contribution in [3.05, 3.63) is 65.6 Å². The smallest absolute Gasteiger partial charge is 0.262 e. The molecule has 0 aliphatic carbocycles. The highest BCUT2D eigenvalue weighted by Gasteiger charge is 2.26. The Hall–Kier alpha value is -4.25. The van der Waals surface area contributed by atoms with E-state index in [1.165, 1.54) is 17.3 Å². The number of anilines is 3. The highest BCUT2D eigenvalue weighted by molar-refractivity contribution is 6.01. The van der Waals surface area contributed by atoms with Gasteiger partial charge in [0, 0.05) is 68.3 Å². The number of piperazine rings is 1. The van der Waals surface area contributed by atoms with Gasteiger partial charge in [-0.3, -0.25) is 4.79 Å². The van der Waals surface area contributed by atoms with Gasteiger partial charge < -0.3 is 29.7 Å². The average Bonchev–Trinajstić information content (AvgIpc) is 3.34. The van der Waals surface area contributed by atoms with Crippen molar-refractivity contribution in [2.24, 2.45) is 0 Å². The minimum atomic E-state index is -0.758. The lowest BCUT2D eigenvalue weighted by Gasteiger charge is -2.34. The van der Waals surface area contributed by atoms with E-state index in [0.29, 0.717) is 17.9 Å². The molecule has 1 fully saturated rings. The van der Waals surface area contributed by atoms with Gasteiger partial charge in [-0.15, -0.1) is 0 Å². The van der Waals surface area contributed by atoms with Crippen LogP contribution in [0.3, 0.4) is 0 Å². The molecule has 2 N–H and O–H groups in total. The molecule has 3 heterocycles. The lowest BCUT2D eigenvalue weighted by atomic mass is 10.2. The molecule has 0 spiro atoms. The van der Waals surface area contributed by atoms with Crippen molar-refractivity contribution >= 4 is 34.0 Å². The van der Waals surface area contributed by atoms with Gasteiger partial charge in [-0.25, -0.2) is 18.7 Å². The van der Waals surface area contributed by atoms with Crippen molar-refractivity contribution in [2.45, 2.75) is 13.8 Å². The van der Waals surface area contributed by atoms with Crippen LogP contribution in [-0.2, 0) is 0 Å². The Morgan fingerprint density at radius 2 is 1.92 bits per heavy atom. The van der Waals surface area contributed by atoms with Crippen molar-refractivity contribution in [2.75, 3.05) is 57.0 Å². The van der Waals surface area contributed by atoms with Crippen molar-refractivity contribution in [1.82, 2.24) is 24.8 Å². The van der Waals surface area contributed by atoms with E-state index in [9.17, 15) is 9.18 Å². The van der Waals surface area contributed by atoms with Crippen molar-refractivity contribution in [1.29, 1.82) is 0 Å². The Labute approximate surface area is 225 Å². The normalized spacial score (nSPS) is 14.1. The summed E-state index contributed by atoms with van der Waals surface area (Å²) in [5.41, 5.74) is 2.42. The van der Waals surface area contributed by atoms with Gasteiger partial charge in [0.15, 0.2) is 23.2 Å². The summed E-state index contributed by atoms with van der Waals surface area (Å²) in [6.07, 6.45) is 1.22. The van der Waals surface area contributed by atoms with E-state index in [2.05, 4.69) is 37.1 Å². The number of nitrogens with zero attached hydrogens (tertiary/aromatic N) is 5. The van der Waals surface area contributed by atoms with E-state index in [1.54, 1.807) is 14.0 Å². The number of likely N-dealkylation sites (N-methyl/N-ethyl adjacent to an activating group) is 1. The number of carbonyl (C=O) groups is 1. The van der Waals surface area contributed by atoms with Crippen LogP contribution < -0.4 is 15.0 Å². The molecule has 0 bridgehead atoms. The Kier molecular flexibility index (Phi) is 7.34. The number of aromatic nitrogens is 3. The van der Waals surface area contributed by atoms with Gasteiger partial charge >= 0.3 is 0 Å². The number of amides is 1. The van der Waals surface area contributed by atoms with Crippen LogP contribution in [0.15, 0.2) is 42.7 Å². The molecule has 204 valence electrons. The molecule has 1 saturated heterocycles. The zero-order valence-electron chi connectivity index (χ0n) is 22.4. The van der Waals surface area contributed by atoms with Gasteiger partial charge in [-0.1, -0.05) is 6.07 Å². The maximum Gasteiger partial charge on any atom is 0.262 e. The number of ether oxygens (including phenoxy) is 1. The molecular formula is C28H31F2N7O2. The number of halogens is 2. The van der Waals surface area contributed by atoms with Gasteiger partial charge in [0.1, 0.15) is 11.9 Å². The molecule has 4 aromatic rings. The summed E-state index contributed by atoms with van der Waals surface area (Å²) in [6, 6.07) is 10.3. The number of nitrogens with one attached hydrogen (secondary N) is 2. The number of H-pyrrole nitrogens is 1. The second-order valence-corrected chi connectivity index (χ2v) is 9.70. The Morgan fingerprint density at radius 1 is 1.15 bits per heavy atom. The fourth-order valence-corrected chi connectivity index (χ4v) is 4.56. The maximum absolute atomic E-state index is 15.3. The molecule has 1 aliphatic rings. The van der Waals surface area contributed by atoms with Gasteiger partial charge in [-0.2, -0.15) is 0 Å². The molecule has 2 aromatic carbocycles. The first-order valence-corrected chi connectivity index (χ1v) is 12.8. The highest BCUT2D eigenvalue weighted by Crippen LogP contribution is 2.35. The third-order valence-corrected chi connectivity index (χ3v) is 6.93. The predicted molar refractivity (Wildman–Crippen MR) is 147 cm³/mol. The summed E-state index contributed by atoms with van der Waals surface area (Å²) < 4.78 is 35.9. The van der Waals surface area contributed by atoms with E-state index >= 15 is 4.39 Å². The molecule has 1 aliphatic heterocycles. The molecule has 0 atom stereocenters. The van der Waals surface area contributed by atoms with Crippen molar-refractivity contribution < 1.29 is 18.3 Å². The molecule has 0 unspecified atom stereocenters. The second-order valence-electron chi connectivity index (χ2n) is 9.70. The quantitative estimate of drug-likeness (QED) is 0.347. The fraction of sp³-hybridized carbons (Fsp3) is 0.321. The van der Waals surface area contributed by atoms with Crippen LogP contribution in [0.5, 0.6) is 11.6 Å². The van der Waals surface area contributed by atoms with Gasteiger partial charge in [0.25, 0.3) is 5.91 Å². The molecule has 1 amide bonds. The first kappa shape index (κ1) is 26.4. The minimum Gasteiger partial charge on any atom is -0.435 e. The van der Waals surface area contributed by atoms with Crippen LogP contribution in [0.1, 0.15) is 23.0 Å². The number of carbonyl (C=O) groups excluding carboxylic acids is 1. The number of rotatable bonds is 7. The van der Waals surface area contributed by atoms with E-state index < -0.39 is 17.5 Å². The molecule has 39 heavy (non-hydrogen) atoms. The van der Waals surface area contributed by atoms with Crippen molar-refractivity contribution in [3.8, 4) is 11.6 Å². The summed E-state index contributed by atoms with van der Waals surface area (Å²) in [5.74, 6) is -2.23. The van der Waals surface area contributed by atoms with Crippen molar-refractivity contribution in [3.63, 3.8) is 0 Å². The SMILES string of the molecule is CCN(C)C(=O)c1c(Nc2cccc(N3CCN(C)CC3)c2)ncnc1Oc1cc(F)c2[nH]c(C)cc2c1F. The van der Waals surface area contributed by atoms with Crippen LogP contribution in [0.2, 0.25) is 0 Å². The topological polar surface area (TPSA) is 89.6 Å². The lowest BCUT2D eigenvalue weighted by molar-refractivity contribution is 0.0799. The molecule has 2 aromatic heterocycles. The first-order valence-electron chi connectivity index (χ1n) is 12.8. The fourth-order valence-electron chi connectivity index (χ4n) is 4.56. The Morgan fingerprint density at radius 3 is 2.67 bits per heavy atom. The summed E-state index contributed by atoms with van der Waals surface area (Å²) in [7, 11) is 3.74. The zero-order valence-corrected chi connectivity index (χ0v) is 22.4. The largest absolute Gasteiger partial charge is 0.435 e. The van der Waals surface area contributed by atoms with E-state index in [4.69, 9.17) is 4.74 Å². The van der Waals surface area contributed by atoms with Crippen LogP contribution >= 0.6 is 0 Å². The summed E-state index contributed by atoms with van der Waals surface area (Å²) in [6.45, 7) is 7.69. The third-order valence-electron chi connectivity index (χ3n) is 6.93. The zero-order chi connectivity index (χ0) is 27.7. The molecule has 0 radical (unpaired) electrons. The van der Waals surface area contributed by atoms with Gasteiger partial charge in [0.2, 0.25) is 5.88 Å². The van der Waals surface area contributed by atoms with Crippen LogP contribution in [0.4, 0.5) is 26.0 Å². The summed E-state index contributed by atoms with van der Waals surface area (Å²) in [4.78, 5) is 30.8. The molecule has 11 heteroatoms. The second kappa shape index (κ2) is 10.9. The van der Waals surface area contributed by atoms with Crippen LogP contribution in [0.25, 0.3) is 10.9 Å². The predicted octanol–water partition coefficient (Wildman–Crippen LogP) is 4.92. The standard InChI is InChI=1S/C28H31F2N7O2/c1-5-36(4)28(38)23-26(34-18-7-6-8-19(14-18)37-11-9-35(3)10-12-37)31-16-32-27(23)39-22-15-21(29)25-20(24(22)30)13-17(2)33-25/h6-8,13-16,33H,5,9-12H2,1-4H3,(H,31,32,34). The summed E-state index contributed by atoms with van der Waals surface area (Å²) >= 11 is 0. The number of hydrogen-bond donors (Lipinski definition) is 2. The number of fused-ring (bicyclic) bond motifs is 1. The summed E-state index contributed by atoms with van der Waals surface area (Å²) in [5, 5.41) is 3.27. The maximum atomic E-state index is 15.3. The molecular weight excluding hydrogens is 504 g/mol. The van der Waals surface area contributed by atoms with Gasteiger partial charge in [0.05, 0.1) is 5.52 Å². The highest BCUT2D eigenvalue weighted by atomic mass is 19.1.